The molecule has 0 aromatic rings. The molecule has 0 aromatic heterocycles. The third kappa shape index (κ3) is 6.68. The van der Waals surface area contributed by atoms with E-state index in [2.05, 4.69) is 119 Å². The number of piperidine rings is 2. The Labute approximate surface area is 249 Å². The largest absolute Gasteiger partial charge is 0.322 e. The number of amides is 1. The van der Waals surface area contributed by atoms with Crippen LogP contribution >= 0.6 is 23.5 Å². The van der Waals surface area contributed by atoms with Crippen molar-refractivity contribution in [2.45, 2.75) is 158 Å². The molecule has 0 saturated carbocycles. The van der Waals surface area contributed by atoms with E-state index >= 15 is 0 Å². The molecule has 4 saturated heterocycles. The lowest BCUT2D eigenvalue weighted by Crippen LogP contribution is -2.69. The van der Waals surface area contributed by atoms with Gasteiger partial charge in [-0.3, -0.25) is 19.5 Å². The Morgan fingerprint density at radius 3 is 1.82 bits per heavy atom. The van der Waals surface area contributed by atoms with Gasteiger partial charge in [0.15, 0.2) is 0 Å². The molecule has 39 heavy (non-hydrogen) atoms. The molecule has 5 nitrogen and oxygen atoms in total. The van der Waals surface area contributed by atoms with Crippen LogP contribution in [0.3, 0.4) is 0 Å². The highest BCUT2D eigenvalue weighted by Crippen LogP contribution is 2.53. The minimum absolute atomic E-state index is 0.0513. The van der Waals surface area contributed by atoms with Gasteiger partial charge in [-0.1, -0.05) is 0 Å². The van der Waals surface area contributed by atoms with Gasteiger partial charge in [-0.15, -0.1) is 23.5 Å². The molecular formula is C32H60N4OS2. The van der Waals surface area contributed by atoms with Gasteiger partial charge in [-0.2, -0.15) is 0 Å². The van der Waals surface area contributed by atoms with E-state index in [1.165, 1.54) is 38.1 Å². The van der Waals surface area contributed by atoms with Crippen LogP contribution in [0.25, 0.3) is 0 Å². The average Bonchev–Trinajstić information content (AvgIpc) is 2.76. The maximum Gasteiger partial charge on any atom is 0.225 e. The fourth-order valence-electron chi connectivity index (χ4n) is 8.07. The minimum Gasteiger partial charge on any atom is -0.322 e. The Balaban J connectivity index is 1.60. The molecule has 7 heteroatoms. The summed E-state index contributed by atoms with van der Waals surface area (Å²) in [6.07, 6.45) is 7.85. The van der Waals surface area contributed by atoms with Crippen molar-refractivity contribution in [1.82, 2.24) is 19.6 Å². The monoisotopic (exact) mass is 580 g/mol. The Bertz CT molecular complexity index is 884. The van der Waals surface area contributed by atoms with Crippen molar-refractivity contribution in [3.05, 3.63) is 0 Å². The number of carbonyl (C=O) groups is 1. The van der Waals surface area contributed by atoms with E-state index < -0.39 is 0 Å². The van der Waals surface area contributed by atoms with Crippen molar-refractivity contribution in [2.75, 3.05) is 38.5 Å². The van der Waals surface area contributed by atoms with Crippen molar-refractivity contribution in [3.63, 3.8) is 0 Å². The second-order valence-corrected chi connectivity index (χ2v) is 19.6. The number of thioether (sulfide) groups is 2. The standard InChI is InChI=1S/C32H60N4OS2/c1-27(2,3)33-17-12-15-31(23-33)35(19-14-20-38-31)30(10,11)22-25-21-26(37)36(29(7,8)9)32(39-25)16-13-18-34(24-32)28(4,5)6/h25H,12-24H2,1-11H3. The lowest BCUT2D eigenvalue weighted by atomic mass is 9.87. The molecule has 4 aliphatic rings. The summed E-state index contributed by atoms with van der Waals surface area (Å²) in [5.41, 5.74) is 0.201. The quantitative estimate of drug-likeness (QED) is 0.361. The van der Waals surface area contributed by atoms with Crippen molar-refractivity contribution < 1.29 is 4.79 Å². The molecule has 4 aliphatic heterocycles. The van der Waals surface area contributed by atoms with Crippen LogP contribution in [0, 0.1) is 0 Å². The molecular weight excluding hydrogens is 521 g/mol. The lowest BCUT2D eigenvalue weighted by molar-refractivity contribution is -0.145. The Hall–Kier alpha value is 0.0500. The van der Waals surface area contributed by atoms with Gasteiger partial charge in [0, 0.05) is 53.5 Å². The van der Waals surface area contributed by atoms with Gasteiger partial charge >= 0.3 is 0 Å². The van der Waals surface area contributed by atoms with Crippen molar-refractivity contribution >= 4 is 29.4 Å². The summed E-state index contributed by atoms with van der Waals surface area (Å²) >= 11 is 4.39. The van der Waals surface area contributed by atoms with Gasteiger partial charge in [-0.05, 0) is 134 Å². The molecule has 4 rings (SSSR count). The van der Waals surface area contributed by atoms with Crippen LogP contribution in [0.2, 0.25) is 0 Å². The Morgan fingerprint density at radius 1 is 0.744 bits per heavy atom. The highest BCUT2D eigenvalue weighted by molar-refractivity contribution is 8.01. The van der Waals surface area contributed by atoms with Gasteiger partial charge in [0.05, 0.1) is 4.87 Å². The van der Waals surface area contributed by atoms with Crippen molar-refractivity contribution in [1.29, 1.82) is 0 Å². The predicted molar refractivity (Wildman–Crippen MR) is 172 cm³/mol. The van der Waals surface area contributed by atoms with E-state index in [0.717, 1.165) is 38.9 Å². The maximum atomic E-state index is 14.1. The van der Waals surface area contributed by atoms with Gasteiger partial charge < -0.3 is 4.90 Å². The normalized spacial score (nSPS) is 33.4. The average molecular weight is 581 g/mol. The van der Waals surface area contributed by atoms with Crippen molar-refractivity contribution in [2.24, 2.45) is 0 Å². The first kappa shape index (κ1) is 32.0. The maximum absolute atomic E-state index is 14.1. The second kappa shape index (κ2) is 11.0. The first-order chi connectivity index (χ1) is 17.8. The van der Waals surface area contributed by atoms with Crippen LogP contribution in [0.15, 0.2) is 0 Å². The van der Waals surface area contributed by atoms with Crippen LogP contribution < -0.4 is 0 Å². The molecule has 3 unspecified atom stereocenters. The molecule has 4 heterocycles. The predicted octanol–water partition coefficient (Wildman–Crippen LogP) is 6.91. The third-order valence-electron chi connectivity index (χ3n) is 9.73. The number of rotatable bonds is 3. The first-order valence-electron chi connectivity index (χ1n) is 15.7. The van der Waals surface area contributed by atoms with Crippen molar-refractivity contribution in [3.8, 4) is 0 Å². The zero-order valence-electron chi connectivity index (χ0n) is 27.3. The molecule has 4 fully saturated rings. The molecule has 226 valence electrons. The molecule has 0 bridgehead atoms. The van der Waals surface area contributed by atoms with Gasteiger partial charge in [0.25, 0.3) is 0 Å². The topological polar surface area (TPSA) is 30.0 Å². The summed E-state index contributed by atoms with van der Waals surface area (Å²) in [6, 6.07) is 0. The molecule has 0 N–H and O–H groups in total. The van der Waals surface area contributed by atoms with Gasteiger partial charge in [0.2, 0.25) is 5.91 Å². The minimum atomic E-state index is -0.169. The van der Waals surface area contributed by atoms with E-state index in [9.17, 15) is 4.79 Å². The number of carbonyl (C=O) groups excluding carboxylic acids is 1. The summed E-state index contributed by atoms with van der Waals surface area (Å²) in [6.45, 7) is 31.5. The molecule has 0 radical (unpaired) electrons. The Morgan fingerprint density at radius 2 is 1.28 bits per heavy atom. The SMILES string of the molecule is CC(C)(C)N1CCCC2(C1)SC(CC(C)(C)N1CCCSC13CCCN(C(C)(C)C)C3)CC(=O)N2C(C)(C)C. The van der Waals surface area contributed by atoms with Gasteiger partial charge in [0.1, 0.15) is 4.87 Å². The number of hydrogen-bond donors (Lipinski definition) is 0. The fourth-order valence-corrected chi connectivity index (χ4v) is 12.1. The van der Waals surface area contributed by atoms with Crippen LogP contribution in [-0.4, -0.2) is 101 Å². The van der Waals surface area contributed by atoms with Crippen LogP contribution in [-0.2, 0) is 4.79 Å². The zero-order chi connectivity index (χ0) is 29.1. The van der Waals surface area contributed by atoms with E-state index in [0.29, 0.717) is 17.6 Å². The van der Waals surface area contributed by atoms with Crippen LogP contribution in [0.5, 0.6) is 0 Å². The lowest BCUT2D eigenvalue weighted by Gasteiger charge is -2.61. The fraction of sp³-hybridized carbons (Fsp3) is 0.969. The Kier molecular flexibility index (Phi) is 8.98. The van der Waals surface area contributed by atoms with E-state index in [4.69, 9.17) is 0 Å². The summed E-state index contributed by atoms with van der Waals surface area (Å²) < 4.78 is 0. The third-order valence-corrected chi connectivity index (χ3v) is 12.9. The number of nitrogens with zero attached hydrogens (tertiary/aromatic N) is 4. The second-order valence-electron chi connectivity index (χ2n) is 16.5. The number of likely N-dealkylation sites (tertiary alicyclic amines) is 2. The zero-order valence-corrected chi connectivity index (χ0v) is 28.9. The summed E-state index contributed by atoms with van der Waals surface area (Å²) in [4.78, 5) is 24.7. The van der Waals surface area contributed by atoms with E-state index in [1.54, 1.807) is 0 Å². The molecule has 0 aliphatic carbocycles. The highest BCUT2D eigenvalue weighted by atomic mass is 32.2. The summed E-state index contributed by atoms with van der Waals surface area (Å²) in [5, 5.41) is 0.359. The summed E-state index contributed by atoms with van der Waals surface area (Å²) in [5.74, 6) is 1.64. The van der Waals surface area contributed by atoms with Gasteiger partial charge in [-0.25, -0.2) is 0 Å². The molecule has 1 amide bonds. The highest BCUT2D eigenvalue weighted by Gasteiger charge is 2.55. The first-order valence-corrected chi connectivity index (χ1v) is 17.6. The molecule has 0 aromatic carbocycles. The molecule has 2 spiro atoms. The van der Waals surface area contributed by atoms with E-state index in [1.807, 2.05) is 0 Å². The van der Waals surface area contributed by atoms with Crippen LogP contribution in [0.1, 0.15) is 121 Å². The molecule has 3 atom stereocenters. The number of hydrogen-bond acceptors (Lipinski definition) is 6. The van der Waals surface area contributed by atoms with Crippen LogP contribution in [0.4, 0.5) is 0 Å². The summed E-state index contributed by atoms with van der Waals surface area (Å²) in [7, 11) is 0. The smallest absolute Gasteiger partial charge is 0.225 e. The van der Waals surface area contributed by atoms with E-state index in [-0.39, 0.29) is 31.9 Å².